The molecule has 1 aliphatic rings. The Hall–Kier alpha value is -4.53. The van der Waals surface area contributed by atoms with Gasteiger partial charge in [-0.2, -0.15) is 0 Å². The molecular weight excluding hydrogens is 461 g/mol. The predicted octanol–water partition coefficient (Wildman–Crippen LogP) is 4.86. The minimum Gasteiger partial charge on any atom is -0.457 e. The zero-order valence-electron chi connectivity index (χ0n) is 19.7. The van der Waals surface area contributed by atoms with E-state index < -0.39 is 0 Å². The molecule has 0 atom stereocenters. The van der Waals surface area contributed by atoms with Crippen LogP contribution in [0.2, 0.25) is 0 Å². The van der Waals surface area contributed by atoms with Crippen molar-refractivity contribution in [2.24, 2.45) is 5.92 Å². The van der Waals surface area contributed by atoms with Gasteiger partial charge in [0.1, 0.15) is 23.1 Å². The van der Waals surface area contributed by atoms with E-state index in [1.807, 2.05) is 25.1 Å². The first-order chi connectivity index (χ1) is 17.5. The number of hydrogen-bond acceptors (Lipinski definition) is 5. The number of carbonyl (C=O) groups is 2. The maximum Gasteiger partial charge on any atom is 0.244 e. The first-order valence-corrected chi connectivity index (χ1v) is 11.5. The number of benzene rings is 2. The van der Waals surface area contributed by atoms with Crippen LogP contribution < -0.4 is 15.4 Å². The first kappa shape index (κ1) is 24.6. The number of nitrogens with zero attached hydrogens (tertiary/aromatic N) is 2. The molecule has 8 nitrogen and oxygen atoms in total. The van der Waals surface area contributed by atoms with Crippen molar-refractivity contribution >= 4 is 17.6 Å². The lowest BCUT2D eigenvalue weighted by Crippen LogP contribution is -2.33. The van der Waals surface area contributed by atoms with E-state index in [4.69, 9.17) is 4.74 Å². The summed E-state index contributed by atoms with van der Waals surface area (Å²) in [5.41, 5.74) is 2.64. The van der Waals surface area contributed by atoms with Crippen LogP contribution in [0.3, 0.4) is 0 Å². The maximum atomic E-state index is 13.0. The Labute approximate surface area is 208 Å². The number of carbonyl (C=O) groups excluding carboxylic acids is 2. The third-order valence-corrected chi connectivity index (χ3v) is 5.22. The zero-order chi connectivity index (χ0) is 25.3. The Bertz CT molecular complexity index is 1290. The molecule has 9 heteroatoms. The lowest BCUT2D eigenvalue weighted by Gasteiger charge is -2.09. The predicted molar refractivity (Wildman–Crippen MR) is 134 cm³/mol. The summed E-state index contributed by atoms with van der Waals surface area (Å²) in [4.78, 5) is 34.8. The zero-order valence-corrected chi connectivity index (χ0v) is 19.7. The molecule has 2 heterocycles. The number of pyridine rings is 1. The molecule has 184 valence electrons. The number of halogens is 1. The highest BCUT2D eigenvalue weighted by Crippen LogP contribution is 2.28. The summed E-state index contributed by atoms with van der Waals surface area (Å²) in [6, 6.07) is 18.4. The standard InChI is InChI=1S/C23H20FN3O3.C4H6N2/c24-17-8-12-19(13-9-17)30-18-10-6-15(7-11-18)20-2-1-3-21(26-20)27-22(28)14-25-23(29)16-4-5-16;1-4-2-5-3-6-4/h1-3,6-13,16H,4-5,14H2,(H,25,29)(H,26,27,28);2-3H,1H3,(H,5,6). The molecule has 0 aliphatic heterocycles. The molecule has 2 amide bonds. The van der Waals surface area contributed by atoms with Gasteiger partial charge in [-0.3, -0.25) is 9.59 Å². The van der Waals surface area contributed by atoms with E-state index >= 15 is 0 Å². The molecule has 1 fully saturated rings. The van der Waals surface area contributed by atoms with E-state index in [0.29, 0.717) is 23.0 Å². The third kappa shape index (κ3) is 7.49. The van der Waals surface area contributed by atoms with Gasteiger partial charge in [0.25, 0.3) is 0 Å². The molecule has 1 aliphatic carbocycles. The third-order valence-electron chi connectivity index (χ3n) is 5.22. The summed E-state index contributed by atoms with van der Waals surface area (Å²) in [5.74, 6) is 0.911. The van der Waals surface area contributed by atoms with Gasteiger partial charge in [-0.05, 0) is 80.4 Å². The van der Waals surface area contributed by atoms with Gasteiger partial charge in [0.05, 0.1) is 18.6 Å². The maximum absolute atomic E-state index is 13.0. The summed E-state index contributed by atoms with van der Waals surface area (Å²) in [6.07, 6.45) is 5.23. The highest BCUT2D eigenvalue weighted by Gasteiger charge is 2.29. The lowest BCUT2D eigenvalue weighted by atomic mass is 10.1. The van der Waals surface area contributed by atoms with Crippen molar-refractivity contribution < 1.29 is 18.7 Å². The van der Waals surface area contributed by atoms with Crippen LogP contribution in [0.4, 0.5) is 10.2 Å². The molecule has 0 radical (unpaired) electrons. The number of aryl methyl sites for hydroxylation is 1. The molecule has 0 bridgehead atoms. The van der Waals surface area contributed by atoms with E-state index in [1.54, 1.807) is 48.9 Å². The summed E-state index contributed by atoms with van der Waals surface area (Å²) in [7, 11) is 0. The molecule has 36 heavy (non-hydrogen) atoms. The highest BCUT2D eigenvalue weighted by molar-refractivity contribution is 5.94. The fourth-order valence-corrected chi connectivity index (χ4v) is 3.17. The molecule has 4 aromatic rings. The van der Waals surface area contributed by atoms with Crippen LogP contribution in [0, 0.1) is 18.7 Å². The molecule has 2 aromatic carbocycles. The van der Waals surface area contributed by atoms with Crippen LogP contribution in [-0.4, -0.2) is 33.3 Å². The number of ether oxygens (including phenoxy) is 1. The summed E-state index contributed by atoms with van der Waals surface area (Å²) in [5, 5.41) is 5.32. The molecule has 1 saturated carbocycles. The average Bonchev–Trinajstić information content (AvgIpc) is 3.64. The Morgan fingerprint density at radius 2 is 1.72 bits per heavy atom. The second-order valence-corrected chi connectivity index (χ2v) is 8.26. The van der Waals surface area contributed by atoms with E-state index in [-0.39, 0.29) is 30.1 Å². The second kappa shape index (κ2) is 11.7. The van der Waals surface area contributed by atoms with Crippen LogP contribution >= 0.6 is 0 Å². The van der Waals surface area contributed by atoms with Crippen LogP contribution in [0.5, 0.6) is 11.5 Å². The molecule has 3 N–H and O–H groups in total. The van der Waals surface area contributed by atoms with Gasteiger partial charge in [-0.25, -0.2) is 14.4 Å². The highest BCUT2D eigenvalue weighted by atomic mass is 19.1. The number of amides is 2. The van der Waals surface area contributed by atoms with E-state index in [1.165, 1.54) is 12.1 Å². The van der Waals surface area contributed by atoms with Gasteiger partial charge in [0.2, 0.25) is 11.8 Å². The number of anilines is 1. The first-order valence-electron chi connectivity index (χ1n) is 11.5. The molecule has 0 spiro atoms. The average molecular weight is 488 g/mol. The van der Waals surface area contributed by atoms with Gasteiger partial charge < -0.3 is 20.4 Å². The number of imidazole rings is 1. The lowest BCUT2D eigenvalue weighted by molar-refractivity contribution is -0.125. The van der Waals surface area contributed by atoms with Crippen LogP contribution in [0.1, 0.15) is 18.5 Å². The van der Waals surface area contributed by atoms with Crippen molar-refractivity contribution in [3.63, 3.8) is 0 Å². The Kier molecular flexibility index (Phi) is 8.02. The molecular formula is C27H26FN5O3. The van der Waals surface area contributed by atoms with Crippen molar-refractivity contribution in [3.8, 4) is 22.8 Å². The number of rotatable bonds is 7. The monoisotopic (exact) mass is 487 g/mol. The molecule has 0 saturated heterocycles. The van der Waals surface area contributed by atoms with Crippen molar-refractivity contribution in [3.05, 3.63) is 90.8 Å². The van der Waals surface area contributed by atoms with Crippen molar-refractivity contribution in [1.29, 1.82) is 0 Å². The van der Waals surface area contributed by atoms with Crippen molar-refractivity contribution in [2.75, 3.05) is 11.9 Å². The molecule has 0 unspecified atom stereocenters. The van der Waals surface area contributed by atoms with Crippen molar-refractivity contribution in [2.45, 2.75) is 19.8 Å². The van der Waals surface area contributed by atoms with Crippen LogP contribution in [0.25, 0.3) is 11.3 Å². The van der Waals surface area contributed by atoms with Crippen LogP contribution in [-0.2, 0) is 9.59 Å². The van der Waals surface area contributed by atoms with Gasteiger partial charge >= 0.3 is 0 Å². The fourth-order valence-electron chi connectivity index (χ4n) is 3.17. The second-order valence-electron chi connectivity index (χ2n) is 8.26. The summed E-state index contributed by atoms with van der Waals surface area (Å²) in [6.45, 7) is 1.89. The Morgan fingerprint density at radius 3 is 2.31 bits per heavy atom. The quantitative estimate of drug-likeness (QED) is 0.345. The smallest absolute Gasteiger partial charge is 0.244 e. The fraction of sp³-hybridized carbons (Fsp3) is 0.185. The molecule has 5 rings (SSSR count). The number of aromatic nitrogens is 3. The number of H-pyrrole nitrogens is 1. The van der Waals surface area contributed by atoms with E-state index in [0.717, 1.165) is 24.1 Å². The summed E-state index contributed by atoms with van der Waals surface area (Å²) >= 11 is 0. The Morgan fingerprint density at radius 1 is 1.03 bits per heavy atom. The normalized spacial score (nSPS) is 12.2. The largest absolute Gasteiger partial charge is 0.457 e. The van der Waals surface area contributed by atoms with Gasteiger partial charge in [0, 0.05) is 23.4 Å². The van der Waals surface area contributed by atoms with Crippen LogP contribution in [0.15, 0.2) is 79.3 Å². The van der Waals surface area contributed by atoms with Gasteiger partial charge in [0.15, 0.2) is 0 Å². The van der Waals surface area contributed by atoms with Gasteiger partial charge in [-0.15, -0.1) is 0 Å². The Balaban J connectivity index is 0.000000445. The van der Waals surface area contributed by atoms with E-state index in [9.17, 15) is 14.0 Å². The topological polar surface area (TPSA) is 109 Å². The SMILES string of the molecule is Cc1cnc[nH]1.O=C(CNC(=O)C1CC1)Nc1cccc(-c2ccc(Oc3ccc(F)cc3)cc2)n1. The number of hydrogen-bond donors (Lipinski definition) is 3. The van der Waals surface area contributed by atoms with Gasteiger partial charge in [-0.1, -0.05) is 6.07 Å². The van der Waals surface area contributed by atoms with E-state index in [2.05, 4.69) is 25.6 Å². The number of aromatic amines is 1. The molecule has 2 aromatic heterocycles. The van der Waals surface area contributed by atoms with Crippen molar-refractivity contribution in [1.82, 2.24) is 20.3 Å². The minimum atomic E-state index is -0.323. The summed E-state index contributed by atoms with van der Waals surface area (Å²) < 4.78 is 18.7. The number of nitrogens with one attached hydrogen (secondary N) is 3. The minimum absolute atomic E-state index is 0.0641.